The van der Waals surface area contributed by atoms with E-state index in [4.69, 9.17) is 0 Å². The molecule has 1 unspecified atom stereocenters. The van der Waals surface area contributed by atoms with Gasteiger partial charge in [-0.05, 0) is 46.7 Å². The Morgan fingerprint density at radius 2 is 2.00 bits per heavy atom. The van der Waals surface area contributed by atoms with Crippen LogP contribution < -0.4 is 5.32 Å². The SMILES string of the molecule is O=C(O)c1cccc(CNCC(c2ccccc2)N2CCc3sccc3C2)c1. The van der Waals surface area contributed by atoms with Gasteiger partial charge in [-0.2, -0.15) is 0 Å². The average molecular weight is 393 g/mol. The zero-order valence-corrected chi connectivity index (χ0v) is 16.5. The van der Waals surface area contributed by atoms with Gasteiger partial charge in [-0.25, -0.2) is 4.79 Å². The molecule has 0 saturated heterocycles. The quantitative estimate of drug-likeness (QED) is 0.628. The van der Waals surface area contributed by atoms with Crippen LogP contribution in [0, 0.1) is 0 Å². The van der Waals surface area contributed by atoms with Crippen LogP contribution >= 0.6 is 11.3 Å². The van der Waals surface area contributed by atoms with E-state index < -0.39 is 5.97 Å². The van der Waals surface area contributed by atoms with Crippen molar-refractivity contribution in [3.05, 3.63) is 93.2 Å². The molecule has 2 N–H and O–H groups in total. The number of carboxylic acid groups (broad SMARTS) is 1. The fourth-order valence-corrected chi connectivity index (χ4v) is 4.73. The summed E-state index contributed by atoms with van der Waals surface area (Å²) < 4.78 is 0. The van der Waals surface area contributed by atoms with Gasteiger partial charge in [0.15, 0.2) is 0 Å². The molecule has 144 valence electrons. The maximum Gasteiger partial charge on any atom is 0.335 e. The number of aromatic carboxylic acids is 1. The third kappa shape index (κ3) is 4.33. The number of carbonyl (C=O) groups is 1. The molecule has 1 aliphatic heterocycles. The molecule has 0 aliphatic carbocycles. The van der Waals surface area contributed by atoms with Gasteiger partial charge >= 0.3 is 5.97 Å². The van der Waals surface area contributed by atoms with Crippen molar-refractivity contribution in [1.82, 2.24) is 10.2 Å². The van der Waals surface area contributed by atoms with Crippen LogP contribution in [0.25, 0.3) is 0 Å². The largest absolute Gasteiger partial charge is 0.478 e. The minimum Gasteiger partial charge on any atom is -0.478 e. The van der Waals surface area contributed by atoms with Crippen LogP contribution in [-0.2, 0) is 19.5 Å². The highest BCUT2D eigenvalue weighted by Gasteiger charge is 2.25. The maximum atomic E-state index is 11.2. The number of rotatable bonds is 7. The Balaban J connectivity index is 1.46. The number of thiophene rings is 1. The van der Waals surface area contributed by atoms with Gasteiger partial charge in [-0.15, -0.1) is 11.3 Å². The molecule has 1 atom stereocenters. The number of fused-ring (bicyclic) bond motifs is 1. The molecule has 4 rings (SSSR count). The normalized spacial score (nSPS) is 15.1. The van der Waals surface area contributed by atoms with Gasteiger partial charge in [0.25, 0.3) is 0 Å². The van der Waals surface area contributed by atoms with E-state index in [0.29, 0.717) is 12.1 Å². The van der Waals surface area contributed by atoms with Crippen molar-refractivity contribution in [2.45, 2.75) is 25.6 Å². The summed E-state index contributed by atoms with van der Waals surface area (Å²) in [5.74, 6) is -0.885. The molecule has 4 nitrogen and oxygen atoms in total. The Labute approximate surface area is 169 Å². The van der Waals surface area contributed by atoms with E-state index in [1.165, 1.54) is 16.0 Å². The Bertz CT molecular complexity index is 939. The Morgan fingerprint density at radius 3 is 2.82 bits per heavy atom. The number of hydrogen-bond donors (Lipinski definition) is 2. The van der Waals surface area contributed by atoms with E-state index in [1.807, 2.05) is 17.4 Å². The molecule has 0 radical (unpaired) electrons. The molecule has 0 bridgehead atoms. The summed E-state index contributed by atoms with van der Waals surface area (Å²) in [5.41, 5.74) is 4.09. The lowest BCUT2D eigenvalue weighted by Crippen LogP contribution is -2.38. The fraction of sp³-hybridized carbons (Fsp3) is 0.261. The Hall–Kier alpha value is -2.47. The molecule has 1 aromatic heterocycles. The molecule has 0 amide bonds. The van der Waals surface area contributed by atoms with E-state index in [1.54, 1.807) is 18.2 Å². The van der Waals surface area contributed by atoms with E-state index in [-0.39, 0.29) is 6.04 Å². The van der Waals surface area contributed by atoms with Gasteiger partial charge < -0.3 is 10.4 Å². The summed E-state index contributed by atoms with van der Waals surface area (Å²) in [4.78, 5) is 15.2. The number of benzene rings is 2. The monoisotopic (exact) mass is 392 g/mol. The van der Waals surface area contributed by atoms with E-state index >= 15 is 0 Å². The minimum absolute atomic E-state index is 0.289. The first-order valence-electron chi connectivity index (χ1n) is 9.58. The lowest BCUT2D eigenvalue weighted by atomic mass is 10.0. The van der Waals surface area contributed by atoms with Gasteiger partial charge in [0.1, 0.15) is 0 Å². The summed E-state index contributed by atoms with van der Waals surface area (Å²) in [6, 6.07) is 20.3. The fourth-order valence-electron chi connectivity index (χ4n) is 3.84. The van der Waals surface area contributed by atoms with Crippen LogP contribution in [0.4, 0.5) is 0 Å². The van der Waals surface area contributed by atoms with Gasteiger partial charge in [-0.1, -0.05) is 42.5 Å². The van der Waals surface area contributed by atoms with Crippen molar-refractivity contribution in [3.63, 3.8) is 0 Å². The molecular weight excluding hydrogens is 368 g/mol. The molecule has 5 heteroatoms. The van der Waals surface area contributed by atoms with Gasteiger partial charge in [0.2, 0.25) is 0 Å². The predicted molar refractivity (Wildman–Crippen MR) is 113 cm³/mol. The van der Waals surface area contributed by atoms with E-state index in [9.17, 15) is 9.90 Å². The Kier molecular flexibility index (Phi) is 5.86. The van der Waals surface area contributed by atoms with Gasteiger partial charge in [0, 0.05) is 37.1 Å². The molecule has 3 aromatic rings. The van der Waals surface area contributed by atoms with Crippen LogP contribution in [-0.4, -0.2) is 29.1 Å². The first kappa shape index (κ1) is 18.9. The standard InChI is InChI=1S/C23H24N2O2S/c26-23(27)19-8-4-5-17(13-19)14-24-15-21(18-6-2-1-3-7-18)25-11-9-22-20(16-25)10-12-28-22/h1-8,10,12-13,21,24H,9,11,14-16H2,(H,26,27). The van der Waals surface area contributed by atoms with Crippen molar-refractivity contribution in [1.29, 1.82) is 0 Å². The summed E-state index contributed by atoms with van der Waals surface area (Å²) >= 11 is 1.86. The van der Waals surface area contributed by atoms with Gasteiger partial charge in [-0.3, -0.25) is 4.90 Å². The zero-order chi connectivity index (χ0) is 19.3. The highest BCUT2D eigenvalue weighted by Crippen LogP contribution is 2.30. The number of hydrogen-bond acceptors (Lipinski definition) is 4. The van der Waals surface area contributed by atoms with Crippen LogP contribution in [0.1, 0.15) is 38.0 Å². The van der Waals surface area contributed by atoms with Gasteiger partial charge in [0.05, 0.1) is 5.56 Å². The zero-order valence-electron chi connectivity index (χ0n) is 15.7. The second-order valence-electron chi connectivity index (χ2n) is 7.15. The lowest BCUT2D eigenvalue weighted by Gasteiger charge is -2.35. The molecule has 2 aromatic carbocycles. The van der Waals surface area contributed by atoms with E-state index in [2.05, 4.69) is 52.0 Å². The Morgan fingerprint density at radius 1 is 1.14 bits per heavy atom. The topological polar surface area (TPSA) is 52.6 Å². The molecule has 0 fully saturated rings. The van der Waals surface area contributed by atoms with Crippen molar-refractivity contribution in [3.8, 4) is 0 Å². The molecular formula is C23H24N2O2S. The van der Waals surface area contributed by atoms with Crippen molar-refractivity contribution in [2.24, 2.45) is 0 Å². The average Bonchev–Trinajstić information content (AvgIpc) is 3.20. The smallest absolute Gasteiger partial charge is 0.335 e. The second kappa shape index (κ2) is 8.69. The third-order valence-electron chi connectivity index (χ3n) is 5.30. The molecule has 28 heavy (non-hydrogen) atoms. The number of nitrogens with one attached hydrogen (secondary N) is 1. The van der Waals surface area contributed by atoms with Crippen LogP contribution in [0.3, 0.4) is 0 Å². The lowest BCUT2D eigenvalue weighted by molar-refractivity contribution is 0.0696. The van der Waals surface area contributed by atoms with Crippen molar-refractivity contribution >= 4 is 17.3 Å². The second-order valence-corrected chi connectivity index (χ2v) is 8.15. The molecule has 1 aliphatic rings. The molecule has 0 saturated carbocycles. The van der Waals surface area contributed by atoms with Crippen LogP contribution in [0.15, 0.2) is 66.0 Å². The summed E-state index contributed by atoms with van der Waals surface area (Å²) in [7, 11) is 0. The highest BCUT2D eigenvalue weighted by atomic mass is 32.1. The predicted octanol–water partition coefficient (Wildman–Crippen LogP) is 4.34. The first-order chi connectivity index (χ1) is 13.7. The summed E-state index contributed by atoms with van der Waals surface area (Å²) in [6.45, 7) is 3.51. The maximum absolute atomic E-state index is 11.2. The van der Waals surface area contributed by atoms with E-state index in [0.717, 1.165) is 31.6 Å². The minimum atomic E-state index is -0.885. The highest BCUT2D eigenvalue weighted by molar-refractivity contribution is 7.10. The molecule has 0 spiro atoms. The number of nitrogens with zero attached hydrogens (tertiary/aromatic N) is 1. The molecule has 2 heterocycles. The first-order valence-corrected chi connectivity index (χ1v) is 10.5. The van der Waals surface area contributed by atoms with Crippen molar-refractivity contribution in [2.75, 3.05) is 13.1 Å². The summed E-state index contributed by atoms with van der Waals surface area (Å²) in [6.07, 6.45) is 1.11. The summed E-state index contributed by atoms with van der Waals surface area (Å²) in [5, 5.41) is 14.9. The van der Waals surface area contributed by atoms with Crippen LogP contribution in [0.5, 0.6) is 0 Å². The number of carboxylic acids is 1. The van der Waals surface area contributed by atoms with Crippen molar-refractivity contribution < 1.29 is 9.90 Å². The van der Waals surface area contributed by atoms with Crippen LogP contribution in [0.2, 0.25) is 0 Å². The third-order valence-corrected chi connectivity index (χ3v) is 6.33.